The number of methoxy groups -OCH3 is 1. The Bertz CT molecular complexity index is 421. The van der Waals surface area contributed by atoms with E-state index in [0.717, 1.165) is 18.2 Å². The molecule has 21 heavy (non-hydrogen) atoms. The highest BCUT2D eigenvalue weighted by molar-refractivity contribution is 5.28. The number of nitrogens with one attached hydrogen (secondary N) is 1. The largest absolute Gasteiger partial charge is 0.497 e. The summed E-state index contributed by atoms with van der Waals surface area (Å²) in [5, 5.41) is 3.53. The average molecular weight is 290 g/mol. The second-order valence-electron chi connectivity index (χ2n) is 6.34. The predicted octanol–water partition coefficient (Wildman–Crippen LogP) is 3.30. The SMILES string of the molecule is CNC1CCCCCC1CN(C)Cc1cccc(OC)c1. The Hall–Kier alpha value is -1.06. The Morgan fingerprint density at radius 2 is 2.05 bits per heavy atom. The van der Waals surface area contributed by atoms with Crippen LogP contribution in [0.25, 0.3) is 0 Å². The van der Waals surface area contributed by atoms with Crippen molar-refractivity contribution in [1.29, 1.82) is 0 Å². The fraction of sp³-hybridized carbons (Fsp3) is 0.667. The van der Waals surface area contributed by atoms with E-state index in [4.69, 9.17) is 4.74 Å². The smallest absolute Gasteiger partial charge is 0.119 e. The molecule has 1 fully saturated rings. The van der Waals surface area contributed by atoms with Crippen LogP contribution in [0.15, 0.2) is 24.3 Å². The predicted molar refractivity (Wildman–Crippen MR) is 88.8 cm³/mol. The quantitative estimate of drug-likeness (QED) is 0.814. The summed E-state index contributed by atoms with van der Waals surface area (Å²) in [4.78, 5) is 2.45. The number of hydrogen-bond acceptors (Lipinski definition) is 3. The van der Waals surface area contributed by atoms with Crippen LogP contribution in [0.5, 0.6) is 5.75 Å². The average Bonchev–Trinajstić information content (AvgIpc) is 2.72. The highest BCUT2D eigenvalue weighted by Gasteiger charge is 2.23. The zero-order valence-corrected chi connectivity index (χ0v) is 13.8. The first-order valence-corrected chi connectivity index (χ1v) is 8.21. The van der Waals surface area contributed by atoms with Gasteiger partial charge in [0.2, 0.25) is 0 Å². The lowest BCUT2D eigenvalue weighted by molar-refractivity contribution is 0.223. The highest BCUT2D eigenvalue weighted by atomic mass is 16.5. The van der Waals surface area contributed by atoms with E-state index in [1.165, 1.54) is 44.2 Å². The number of hydrogen-bond donors (Lipinski definition) is 1. The van der Waals surface area contributed by atoms with Crippen LogP contribution in [-0.4, -0.2) is 38.7 Å². The Morgan fingerprint density at radius 3 is 2.81 bits per heavy atom. The van der Waals surface area contributed by atoms with E-state index in [1.807, 2.05) is 6.07 Å². The third-order valence-electron chi connectivity index (χ3n) is 4.66. The Kier molecular flexibility index (Phi) is 6.52. The minimum Gasteiger partial charge on any atom is -0.497 e. The summed E-state index contributed by atoms with van der Waals surface area (Å²) in [5.74, 6) is 1.72. The summed E-state index contributed by atoms with van der Waals surface area (Å²) in [6, 6.07) is 9.08. The molecule has 3 nitrogen and oxygen atoms in total. The maximum Gasteiger partial charge on any atom is 0.119 e. The van der Waals surface area contributed by atoms with Gasteiger partial charge in [0.05, 0.1) is 7.11 Å². The van der Waals surface area contributed by atoms with E-state index in [0.29, 0.717) is 6.04 Å². The van der Waals surface area contributed by atoms with Crippen molar-refractivity contribution in [2.45, 2.75) is 44.7 Å². The number of nitrogens with zero attached hydrogens (tertiary/aromatic N) is 1. The van der Waals surface area contributed by atoms with E-state index in [9.17, 15) is 0 Å². The summed E-state index contributed by atoms with van der Waals surface area (Å²) in [7, 11) is 6.08. The van der Waals surface area contributed by atoms with Crippen molar-refractivity contribution in [3.63, 3.8) is 0 Å². The Morgan fingerprint density at radius 1 is 1.24 bits per heavy atom. The van der Waals surface area contributed by atoms with Crippen LogP contribution in [0.2, 0.25) is 0 Å². The molecule has 0 heterocycles. The molecule has 2 unspecified atom stereocenters. The molecule has 0 radical (unpaired) electrons. The number of rotatable bonds is 6. The van der Waals surface area contributed by atoms with E-state index in [1.54, 1.807) is 7.11 Å². The highest BCUT2D eigenvalue weighted by Crippen LogP contribution is 2.24. The topological polar surface area (TPSA) is 24.5 Å². The van der Waals surface area contributed by atoms with Crippen LogP contribution >= 0.6 is 0 Å². The van der Waals surface area contributed by atoms with Crippen molar-refractivity contribution in [3.8, 4) is 5.75 Å². The second-order valence-corrected chi connectivity index (χ2v) is 6.34. The van der Waals surface area contributed by atoms with Crippen molar-refractivity contribution in [3.05, 3.63) is 29.8 Å². The molecule has 1 aliphatic rings. The van der Waals surface area contributed by atoms with Gasteiger partial charge < -0.3 is 15.0 Å². The first kappa shape index (κ1) is 16.3. The lowest BCUT2D eigenvalue weighted by Gasteiger charge is -2.29. The van der Waals surface area contributed by atoms with E-state index >= 15 is 0 Å². The van der Waals surface area contributed by atoms with Crippen molar-refractivity contribution in [2.75, 3.05) is 27.7 Å². The van der Waals surface area contributed by atoms with Crippen LogP contribution in [0.4, 0.5) is 0 Å². The standard InChI is InChI=1S/C18H30N2O/c1-19-18-11-6-4-5-9-16(18)14-20(2)13-15-8-7-10-17(12-15)21-3/h7-8,10,12,16,18-19H,4-6,9,11,13-14H2,1-3H3. The number of benzene rings is 1. The minimum absolute atomic E-state index is 0.681. The van der Waals surface area contributed by atoms with Crippen molar-refractivity contribution >= 4 is 0 Å². The Balaban J connectivity index is 1.91. The summed E-state index contributed by atoms with van der Waals surface area (Å²) in [5.41, 5.74) is 1.33. The van der Waals surface area contributed by atoms with Gasteiger partial charge in [0.1, 0.15) is 5.75 Å². The molecule has 0 saturated heterocycles. The monoisotopic (exact) mass is 290 g/mol. The van der Waals surface area contributed by atoms with Gasteiger partial charge >= 0.3 is 0 Å². The molecule has 0 bridgehead atoms. The molecule has 1 saturated carbocycles. The molecule has 1 N–H and O–H groups in total. The van der Waals surface area contributed by atoms with Gasteiger partial charge in [-0.1, -0.05) is 31.4 Å². The zero-order valence-electron chi connectivity index (χ0n) is 13.8. The minimum atomic E-state index is 0.681. The van der Waals surface area contributed by atoms with Gasteiger partial charge in [-0.05, 0) is 50.6 Å². The summed E-state index contributed by atoms with van der Waals surface area (Å²) >= 11 is 0. The molecule has 2 atom stereocenters. The molecule has 0 amide bonds. The van der Waals surface area contributed by atoms with Gasteiger partial charge in [-0.2, -0.15) is 0 Å². The lowest BCUT2D eigenvalue weighted by atomic mass is 9.94. The fourth-order valence-corrected chi connectivity index (χ4v) is 3.53. The first-order chi connectivity index (χ1) is 10.2. The van der Waals surface area contributed by atoms with Gasteiger partial charge in [-0.25, -0.2) is 0 Å². The molecular weight excluding hydrogens is 260 g/mol. The molecule has 1 aromatic rings. The molecule has 1 aliphatic carbocycles. The maximum atomic E-state index is 5.31. The zero-order chi connectivity index (χ0) is 15.1. The molecule has 2 rings (SSSR count). The summed E-state index contributed by atoms with van der Waals surface area (Å²) in [6.45, 7) is 2.16. The third kappa shape index (κ3) is 5.01. The second kappa shape index (κ2) is 8.40. The molecule has 0 aromatic heterocycles. The van der Waals surface area contributed by atoms with Gasteiger partial charge in [0.25, 0.3) is 0 Å². The van der Waals surface area contributed by atoms with Gasteiger partial charge in [0, 0.05) is 19.1 Å². The fourth-order valence-electron chi connectivity index (χ4n) is 3.53. The molecular formula is C18H30N2O. The normalized spacial score (nSPS) is 23.0. The van der Waals surface area contributed by atoms with Gasteiger partial charge in [0.15, 0.2) is 0 Å². The van der Waals surface area contributed by atoms with Crippen LogP contribution in [0, 0.1) is 5.92 Å². The van der Waals surface area contributed by atoms with E-state index in [2.05, 4.69) is 42.5 Å². The van der Waals surface area contributed by atoms with Crippen LogP contribution in [0.3, 0.4) is 0 Å². The maximum absolute atomic E-state index is 5.31. The lowest BCUT2D eigenvalue weighted by Crippen LogP contribution is -2.39. The molecule has 3 heteroatoms. The summed E-state index contributed by atoms with van der Waals surface area (Å²) < 4.78 is 5.31. The van der Waals surface area contributed by atoms with E-state index < -0.39 is 0 Å². The van der Waals surface area contributed by atoms with Crippen LogP contribution in [0.1, 0.15) is 37.7 Å². The van der Waals surface area contributed by atoms with Gasteiger partial charge in [-0.15, -0.1) is 0 Å². The first-order valence-electron chi connectivity index (χ1n) is 8.21. The van der Waals surface area contributed by atoms with Crippen LogP contribution in [-0.2, 0) is 6.54 Å². The van der Waals surface area contributed by atoms with Crippen molar-refractivity contribution in [2.24, 2.45) is 5.92 Å². The van der Waals surface area contributed by atoms with Crippen molar-refractivity contribution in [1.82, 2.24) is 10.2 Å². The Labute approximate surface area is 129 Å². The van der Waals surface area contributed by atoms with E-state index in [-0.39, 0.29) is 0 Å². The number of ether oxygens (including phenoxy) is 1. The van der Waals surface area contributed by atoms with Crippen molar-refractivity contribution < 1.29 is 4.74 Å². The van der Waals surface area contributed by atoms with Gasteiger partial charge in [-0.3, -0.25) is 0 Å². The molecule has 118 valence electrons. The molecule has 0 aliphatic heterocycles. The summed E-state index contributed by atoms with van der Waals surface area (Å²) in [6.07, 6.45) is 6.84. The third-order valence-corrected chi connectivity index (χ3v) is 4.66. The molecule has 1 aromatic carbocycles. The van der Waals surface area contributed by atoms with Crippen LogP contribution < -0.4 is 10.1 Å². The molecule has 0 spiro atoms.